The molecule has 2 aromatic carbocycles. The highest BCUT2D eigenvalue weighted by Crippen LogP contribution is 2.23. The van der Waals surface area contributed by atoms with E-state index in [0.29, 0.717) is 5.69 Å². The minimum Gasteiger partial charge on any atom is -0.406 e. The van der Waals surface area contributed by atoms with E-state index in [9.17, 15) is 27.2 Å². The molecule has 2 aromatic rings. The maximum absolute atomic E-state index is 12.9. The van der Waals surface area contributed by atoms with Gasteiger partial charge in [-0.3, -0.25) is 4.79 Å². The number of amides is 3. The monoisotopic (exact) mass is 411 g/mol. The van der Waals surface area contributed by atoms with Gasteiger partial charge in [-0.05, 0) is 48.5 Å². The number of hydrogen-bond donors (Lipinski definition) is 1. The minimum absolute atomic E-state index is 0.226. The summed E-state index contributed by atoms with van der Waals surface area (Å²) in [6.45, 7) is 1.12. The van der Waals surface area contributed by atoms with Crippen LogP contribution in [0, 0.1) is 5.82 Å². The number of urea groups is 1. The molecule has 1 saturated heterocycles. The third-order valence-electron chi connectivity index (χ3n) is 4.28. The molecule has 0 atom stereocenters. The Hall–Kier alpha value is -3.30. The molecule has 1 heterocycles. The van der Waals surface area contributed by atoms with Crippen LogP contribution in [0.4, 0.5) is 28.0 Å². The second kappa shape index (κ2) is 8.38. The molecule has 0 bridgehead atoms. The lowest BCUT2D eigenvalue weighted by Gasteiger charge is -2.34. The SMILES string of the molecule is O=C(Nc1ccc(F)cc1)N1CCN(C(=O)c2ccc(OC(F)(F)F)cc2)CC1. The van der Waals surface area contributed by atoms with Gasteiger partial charge in [0.25, 0.3) is 5.91 Å². The molecule has 1 aliphatic rings. The fourth-order valence-electron chi connectivity index (χ4n) is 2.83. The average molecular weight is 411 g/mol. The van der Waals surface area contributed by atoms with Crippen molar-refractivity contribution in [3.8, 4) is 5.75 Å². The van der Waals surface area contributed by atoms with Crippen LogP contribution in [0.2, 0.25) is 0 Å². The molecule has 0 aromatic heterocycles. The highest BCUT2D eigenvalue weighted by molar-refractivity contribution is 5.95. The Morgan fingerprint density at radius 1 is 0.862 bits per heavy atom. The highest BCUT2D eigenvalue weighted by atomic mass is 19.4. The summed E-state index contributed by atoms with van der Waals surface area (Å²) in [6.07, 6.45) is -4.80. The van der Waals surface area contributed by atoms with Crippen LogP contribution in [-0.2, 0) is 0 Å². The van der Waals surface area contributed by atoms with Crippen molar-refractivity contribution in [3.05, 3.63) is 59.9 Å². The Morgan fingerprint density at radius 2 is 1.41 bits per heavy atom. The number of carbonyl (C=O) groups excluding carboxylic acids is 2. The number of nitrogens with zero attached hydrogens (tertiary/aromatic N) is 2. The van der Waals surface area contributed by atoms with Gasteiger partial charge in [-0.25, -0.2) is 9.18 Å². The van der Waals surface area contributed by atoms with Crippen LogP contribution in [0.25, 0.3) is 0 Å². The molecule has 154 valence electrons. The molecular formula is C19H17F4N3O3. The lowest BCUT2D eigenvalue weighted by molar-refractivity contribution is -0.274. The third-order valence-corrected chi connectivity index (χ3v) is 4.28. The summed E-state index contributed by atoms with van der Waals surface area (Å²) in [5, 5.41) is 2.65. The van der Waals surface area contributed by atoms with E-state index in [-0.39, 0.29) is 43.7 Å². The van der Waals surface area contributed by atoms with Crippen LogP contribution in [-0.4, -0.2) is 54.3 Å². The van der Waals surface area contributed by atoms with Crippen molar-refractivity contribution >= 4 is 17.6 Å². The standard InChI is InChI=1S/C19H17F4N3O3/c20-14-3-5-15(6-4-14)24-18(28)26-11-9-25(10-12-26)17(27)13-1-7-16(8-2-13)29-19(21,22)23/h1-8H,9-12H2,(H,24,28). The summed E-state index contributed by atoms with van der Waals surface area (Å²) in [6, 6.07) is 9.67. The van der Waals surface area contributed by atoms with E-state index in [2.05, 4.69) is 10.1 Å². The molecule has 0 radical (unpaired) electrons. The summed E-state index contributed by atoms with van der Waals surface area (Å²) in [4.78, 5) is 27.8. The van der Waals surface area contributed by atoms with Gasteiger partial charge in [0.15, 0.2) is 0 Å². The van der Waals surface area contributed by atoms with E-state index < -0.39 is 17.9 Å². The Labute approximate surface area is 163 Å². The molecule has 10 heteroatoms. The number of rotatable bonds is 3. The molecule has 0 saturated carbocycles. The summed E-state index contributed by atoms with van der Waals surface area (Å²) in [5.74, 6) is -1.16. The van der Waals surface area contributed by atoms with Crippen molar-refractivity contribution in [3.63, 3.8) is 0 Å². The molecule has 1 N–H and O–H groups in total. The van der Waals surface area contributed by atoms with Crippen LogP contribution >= 0.6 is 0 Å². The molecular weight excluding hydrogens is 394 g/mol. The van der Waals surface area contributed by atoms with E-state index in [1.807, 2.05) is 0 Å². The van der Waals surface area contributed by atoms with Gasteiger partial charge in [0.2, 0.25) is 0 Å². The van der Waals surface area contributed by atoms with E-state index in [4.69, 9.17) is 0 Å². The zero-order chi connectivity index (χ0) is 21.0. The molecule has 6 nitrogen and oxygen atoms in total. The molecule has 3 rings (SSSR count). The molecule has 1 aliphatic heterocycles. The van der Waals surface area contributed by atoms with Gasteiger partial charge in [0.1, 0.15) is 11.6 Å². The summed E-state index contributed by atoms with van der Waals surface area (Å²) in [5.41, 5.74) is 0.680. The first-order chi connectivity index (χ1) is 13.7. The maximum atomic E-state index is 12.9. The largest absolute Gasteiger partial charge is 0.573 e. The summed E-state index contributed by atoms with van der Waals surface area (Å²) < 4.78 is 53.3. The second-order valence-corrected chi connectivity index (χ2v) is 6.29. The number of hydrogen-bond acceptors (Lipinski definition) is 3. The zero-order valence-electron chi connectivity index (χ0n) is 15.1. The first kappa shape index (κ1) is 20.4. The predicted molar refractivity (Wildman–Crippen MR) is 96.0 cm³/mol. The number of nitrogens with one attached hydrogen (secondary N) is 1. The molecule has 1 fully saturated rings. The maximum Gasteiger partial charge on any atom is 0.573 e. The van der Waals surface area contributed by atoms with E-state index in [0.717, 1.165) is 12.1 Å². The van der Waals surface area contributed by atoms with Crippen molar-refractivity contribution in [2.45, 2.75) is 6.36 Å². The number of anilines is 1. The van der Waals surface area contributed by atoms with E-state index in [1.165, 1.54) is 46.2 Å². The Bertz CT molecular complexity index is 862. The van der Waals surface area contributed by atoms with Gasteiger partial charge in [0, 0.05) is 37.4 Å². The number of carbonyl (C=O) groups is 2. The number of ether oxygens (including phenoxy) is 1. The van der Waals surface area contributed by atoms with Gasteiger partial charge in [-0.15, -0.1) is 13.2 Å². The normalized spacial score (nSPS) is 14.5. The van der Waals surface area contributed by atoms with Gasteiger partial charge >= 0.3 is 12.4 Å². The van der Waals surface area contributed by atoms with Crippen LogP contribution in [0.1, 0.15) is 10.4 Å². The van der Waals surface area contributed by atoms with Crippen LogP contribution in [0.15, 0.2) is 48.5 Å². The van der Waals surface area contributed by atoms with Crippen molar-refractivity contribution in [1.82, 2.24) is 9.80 Å². The summed E-state index contributed by atoms with van der Waals surface area (Å²) >= 11 is 0. The van der Waals surface area contributed by atoms with Crippen molar-refractivity contribution in [1.29, 1.82) is 0 Å². The lowest BCUT2D eigenvalue weighted by Crippen LogP contribution is -2.51. The Balaban J connectivity index is 1.52. The van der Waals surface area contributed by atoms with Crippen molar-refractivity contribution < 1.29 is 31.9 Å². The fraction of sp³-hybridized carbons (Fsp3) is 0.263. The Morgan fingerprint density at radius 3 is 1.97 bits per heavy atom. The number of benzene rings is 2. The van der Waals surface area contributed by atoms with Crippen LogP contribution in [0.5, 0.6) is 5.75 Å². The first-order valence-electron chi connectivity index (χ1n) is 8.68. The highest BCUT2D eigenvalue weighted by Gasteiger charge is 2.31. The van der Waals surface area contributed by atoms with Gasteiger partial charge < -0.3 is 19.9 Å². The van der Waals surface area contributed by atoms with Gasteiger partial charge in [-0.2, -0.15) is 0 Å². The quantitative estimate of drug-likeness (QED) is 0.784. The smallest absolute Gasteiger partial charge is 0.406 e. The van der Waals surface area contributed by atoms with E-state index in [1.54, 1.807) is 0 Å². The second-order valence-electron chi connectivity index (χ2n) is 6.29. The van der Waals surface area contributed by atoms with Gasteiger partial charge in [0.05, 0.1) is 0 Å². The first-order valence-corrected chi connectivity index (χ1v) is 8.68. The number of piperazine rings is 1. The predicted octanol–water partition coefficient (Wildman–Crippen LogP) is 3.71. The Kier molecular flexibility index (Phi) is 5.90. The minimum atomic E-state index is -4.80. The summed E-state index contributed by atoms with van der Waals surface area (Å²) in [7, 11) is 0. The van der Waals surface area contributed by atoms with Crippen molar-refractivity contribution in [2.75, 3.05) is 31.5 Å². The molecule has 0 unspecified atom stereocenters. The fourth-order valence-corrected chi connectivity index (χ4v) is 2.83. The van der Waals surface area contributed by atoms with Gasteiger partial charge in [-0.1, -0.05) is 0 Å². The lowest BCUT2D eigenvalue weighted by atomic mass is 10.1. The molecule has 0 spiro atoms. The average Bonchev–Trinajstić information content (AvgIpc) is 2.69. The molecule has 29 heavy (non-hydrogen) atoms. The topological polar surface area (TPSA) is 61.9 Å². The van der Waals surface area contributed by atoms with Crippen LogP contribution < -0.4 is 10.1 Å². The zero-order valence-corrected chi connectivity index (χ0v) is 15.1. The van der Waals surface area contributed by atoms with Crippen LogP contribution in [0.3, 0.4) is 0 Å². The molecule has 3 amide bonds. The van der Waals surface area contributed by atoms with Crippen molar-refractivity contribution in [2.24, 2.45) is 0 Å². The number of halogens is 4. The third kappa shape index (κ3) is 5.59. The van der Waals surface area contributed by atoms with E-state index >= 15 is 0 Å². The molecule has 0 aliphatic carbocycles. The number of alkyl halides is 3.